The van der Waals surface area contributed by atoms with E-state index in [4.69, 9.17) is 0 Å². The van der Waals surface area contributed by atoms with E-state index < -0.39 is 0 Å². The van der Waals surface area contributed by atoms with Gasteiger partial charge in [-0.2, -0.15) is 0 Å². The minimum absolute atomic E-state index is 0.754. The first-order valence-electron chi connectivity index (χ1n) is 6.64. The molecule has 0 saturated carbocycles. The van der Waals surface area contributed by atoms with Gasteiger partial charge in [0.15, 0.2) is 0 Å². The fraction of sp³-hybridized carbons (Fsp3) is 0.235. The summed E-state index contributed by atoms with van der Waals surface area (Å²) in [7, 11) is 0. The lowest BCUT2D eigenvalue weighted by atomic mass is 10.1. The molecule has 1 aromatic carbocycles. The maximum Gasteiger partial charge on any atom is 0.133 e. The van der Waals surface area contributed by atoms with Crippen molar-refractivity contribution in [2.45, 2.75) is 20.8 Å². The highest BCUT2D eigenvalue weighted by molar-refractivity contribution is 5.65. The van der Waals surface area contributed by atoms with Gasteiger partial charge in [-0.15, -0.1) is 0 Å². The summed E-state index contributed by atoms with van der Waals surface area (Å²) in [5.41, 5.74) is 7.26. The molecule has 3 rings (SSSR count). The highest BCUT2D eigenvalue weighted by Crippen LogP contribution is 2.16. The fourth-order valence-electron chi connectivity index (χ4n) is 2.38. The van der Waals surface area contributed by atoms with Crippen molar-refractivity contribution in [1.82, 2.24) is 4.98 Å². The molecule has 0 fully saturated rings. The van der Waals surface area contributed by atoms with Crippen LogP contribution in [0.4, 0.5) is 0 Å². The number of hydrogen-bond acceptors (Lipinski definition) is 1. The second-order valence-electron chi connectivity index (χ2n) is 5.16. The normalized spacial score (nSPS) is 14.5. The van der Waals surface area contributed by atoms with Crippen LogP contribution in [0.25, 0.3) is 16.8 Å². The summed E-state index contributed by atoms with van der Waals surface area (Å²) in [4.78, 5) is 8.04. The van der Waals surface area contributed by atoms with Crippen molar-refractivity contribution >= 4 is 5.57 Å². The van der Waals surface area contributed by atoms with Crippen molar-refractivity contribution in [3.05, 3.63) is 58.3 Å². The molecule has 2 heterocycles. The average Bonchev–Trinajstić information content (AvgIpc) is 2.77. The van der Waals surface area contributed by atoms with Crippen molar-refractivity contribution < 1.29 is 0 Å². The minimum Gasteiger partial charge on any atom is -0.340 e. The monoisotopic (exact) mass is 250 g/mol. The van der Waals surface area contributed by atoms with Gasteiger partial charge in [-0.1, -0.05) is 35.9 Å². The Hall–Kier alpha value is -2.09. The quantitative estimate of drug-likeness (QED) is 0.806. The van der Waals surface area contributed by atoms with Crippen LogP contribution in [-0.2, 0) is 0 Å². The van der Waals surface area contributed by atoms with Crippen LogP contribution in [0.5, 0.6) is 0 Å². The zero-order valence-electron chi connectivity index (χ0n) is 11.6. The lowest BCUT2D eigenvalue weighted by molar-refractivity contribution is 1.07. The second kappa shape index (κ2) is 4.54. The standard InChI is InChI=1S/C17H18N2/c1-11-4-6-14(7-5-11)16-10-15-13(3)12(2)8-9-18-17(15)19-16/h4-8,10H,9H2,1-3H3,(H,18,19). The minimum atomic E-state index is 0.754. The second-order valence-corrected chi connectivity index (χ2v) is 5.16. The molecule has 0 bridgehead atoms. The van der Waals surface area contributed by atoms with Crippen LogP contribution in [0.2, 0.25) is 0 Å². The third-order valence-electron chi connectivity index (χ3n) is 3.80. The Kier molecular flexibility index (Phi) is 2.86. The van der Waals surface area contributed by atoms with Gasteiger partial charge in [0.25, 0.3) is 0 Å². The molecule has 2 nitrogen and oxygen atoms in total. The molecule has 1 aromatic heterocycles. The number of hydrogen-bond donors (Lipinski definition) is 1. The predicted octanol–water partition coefficient (Wildman–Crippen LogP) is 2.74. The molecule has 0 amide bonds. The number of allylic oxidation sites excluding steroid dienone is 1. The van der Waals surface area contributed by atoms with Crippen molar-refractivity contribution in [2.75, 3.05) is 6.54 Å². The van der Waals surface area contributed by atoms with E-state index in [9.17, 15) is 0 Å². The Labute approximate surface area is 113 Å². The van der Waals surface area contributed by atoms with E-state index in [2.05, 4.69) is 67.2 Å². The van der Waals surface area contributed by atoms with Gasteiger partial charge in [-0.25, -0.2) is 0 Å². The van der Waals surface area contributed by atoms with E-state index in [-0.39, 0.29) is 0 Å². The molecule has 96 valence electrons. The van der Waals surface area contributed by atoms with E-state index in [1.807, 2.05) is 0 Å². The molecule has 2 heteroatoms. The topological polar surface area (TPSA) is 28.1 Å². The molecule has 0 saturated heterocycles. The number of nitrogens with zero attached hydrogens (tertiary/aromatic N) is 1. The number of benzene rings is 1. The van der Waals surface area contributed by atoms with Gasteiger partial charge in [-0.05, 0) is 43.5 Å². The number of aryl methyl sites for hydroxylation is 1. The smallest absolute Gasteiger partial charge is 0.133 e. The molecule has 0 spiro atoms. The first-order chi connectivity index (χ1) is 9.15. The number of rotatable bonds is 1. The van der Waals surface area contributed by atoms with E-state index in [1.165, 1.54) is 27.5 Å². The van der Waals surface area contributed by atoms with Gasteiger partial charge in [0, 0.05) is 10.9 Å². The fourth-order valence-corrected chi connectivity index (χ4v) is 2.38. The summed E-state index contributed by atoms with van der Waals surface area (Å²) in [5.74, 6) is 0. The zero-order valence-corrected chi connectivity index (χ0v) is 11.6. The van der Waals surface area contributed by atoms with Crippen molar-refractivity contribution in [2.24, 2.45) is 4.99 Å². The summed E-state index contributed by atoms with van der Waals surface area (Å²) in [6, 6.07) is 10.8. The number of nitrogens with one attached hydrogen (secondary N) is 1. The zero-order chi connectivity index (χ0) is 13.4. The van der Waals surface area contributed by atoms with E-state index >= 15 is 0 Å². The van der Waals surface area contributed by atoms with Crippen LogP contribution in [0.1, 0.15) is 19.4 Å². The number of aromatic amines is 1. The SMILES string of the molecule is CC1=CCN=c2[nH]c(-c3ccc(C)cc3)cc2=C1C. The van der Waals surface area contributed by atoms with Crippen LogP contribution in [0.3, 0.4) is 0 Å². The Balaban J connectivity index is 2.21. The van der Waals surface area contributed by atoms with Crippen LogP contribution in [0.15, 0.2) is 47.0 Å². The third kappa shape index (κ3) is 2.14. The van der Waals surface area contributed by atoms with Gasteiger partial charge >= 0.3 is 0 Å². The Morgan fingerprint density at radius 1 is 1.05 bits per heavy atom. The molecule has 0 unspecified atom stereocenters. The third-order valence-corrected chi connectivity index (χ3v) is 3.80. The summed E-state index contributed by atoms with van der Waals surface area (Å²) in [6.07, 6.45) is 2.18. The lowest BCUT2D eigenvalue weighted by Crippen LogP contribution is -2.24. The molecule has 0 atom stereocenters. The van der Waals surface area contributed by atoms with Crippen LogP contribution in [0, 0.1) is 6.92 Å². The maximum atomic E-state index is 4.60. The molecule has 1 aliphatic heterocycles. The Morgan fingerprint density at radius 2 is 1.79 bits per heavy atom. The van der Waals surface area contributed by atoms with Crippen molar-refractivity contribution in [1.29, 1.82) is 0 Å². The number of H-pyrrole nitrogens is 1. The molecule has 0 radical (unpaired) electrons. The maximum absolute atomic E-state index is 4.60. The predicted molar refractivity (Wildman–Crippen MR) is 79.5 cm³/mol. The number of fused-ring (bicyclic) bond motifs is 1. The molecule has 0 aliphatic carbocycles. The largest absolute Gasteiger partial charge is 0.340 e. The Bertz CT molecular complexity index is 759. The first-order valence-corrected chi connectivity index (χ1v) is 6.64. The van der Waals surface area contributed by atoms with Gasteiger partial charge in [-0.3, -0.25) is 4.99 Å². The summed E-state index contributed by atoms with van der Waals surface area (Å²) in [5, 5.41) is 1.22. The molecule has 19 heavy (non-hydrogen) atoms. The lowest BCUT2D eigenvalue weighted by Gasteiger charge is -1.99. The van der Waals surface area contributed by atoms with Gasteiger partial charge in [0.2, 0.25) is 0 Å². The summed E-state index contributed by atoms with van der Waals surface area (Å²) >= 11 is 0. The highest BCUT2D eigenvalue weighted by Gasteiger charge is 2.06. The molecular formula is C17H18N2. The van der Waals surface area contributed by atoms with Crippen molar-refractivity contribution in [3.8, 4) is 11.3 Å². The average molecular weight is 250 g/mol. The summed E-state index contributed by atoms with van der Waals surface area (Å²) in [6.45, 7) is 7.18. The molecule has 2 aromatic rings. The van der Waals surface area contributed by atoms with Crippen LogP contribution in [-0.4, -0.2) is 11.5 Å². The van der Waals surface area contributed by atoms with Gasteiger partial charge in [0.1, 0.15) is 5.49 Å². The first kappa shape index (κ1) is 12.0. The van der Waals surface area contributed by atoms with Crippen LogP contribution >= 0.6 is 0 Å². The molecule has 1 aliphatic rings. The van der Waals surface area contributed by atoms with Gasteiger partial charge < -0.3 is 4.98 Å². The summed E-state index contributed by atoms with van der Waals surface area (Å²) < 4.78 is 0. The Morgan fingerprint density at radius 3 is 2.53 bits per heavy atom. The van der Waals surface area contributed by atoms with Crippen LogP contribution < -0.4 is 10.7 Å². The highest BCUT2D eigenvalue weighted by atomic mass is 14.8. The van der Waals surface area contributed by atoms with Gasteiger partial charge in [0.05, 0.1) is 6.54 Å². The van der Waals surface area contributed by atoms with E-state index in [1.54, 1.807) is 0 Å². The number of aromatic nitrogens is 1. The van der Waals surface area contributed by atoms with Crippen molar-refractivity contribution in [3.63, 3.8) is 0 Å². The molecular weight excluding hydrogens is 232 g/mol. The van der Waals surface area contributed by atoms with E-state index in [0.29, 0.717) is 0 Å². The van der Waals surface area contributed by atoms with E-state index in [0.717, 1.165) is 17.7 Å². The molecule has 1 N–H and O–H groups in total.